The topological polar surface area (TPSA) is 68.3 Å². The average molecular weight is 531 g/mol. The lowest BCUT2D eigenvalue weighted by molar-refractivity contribution is -0.149. The van der Waals surface area contributed by atoms with E-state index in [2.05, 4.69) is 15.9 Å². The first-order chi connectivity index (χ1) is 16.1. The van der Waals surface area contributed by atoms with Crippen molar-refractivity contribution in [3.63, 3.8) is 0 Å². The summed E-state index contributed by atoms with van der Waals surface area (Å²) >= 11 is 3.64. The number of piperazine rings is 1. The molecule has 0 spiro atoms. The van der Waals surface area contributed by atoms with E-state index in [9.17, 15) is 9.59 Å². The summed E-state index contributed by atoms with van der Waals surface area (Å²) in [6.07, 6.45) is 1.67. The molecule has 2 aromatic rings. The Labute approximate surface area is 209 Å². The summed E-state index contributed by atoms with van der Waals surface area (Å²) in [5, 5.41) is 0. The van der Waals surface area contributed by atoms with Crippen LogP contribution in [0.5, 0.6) is 17.2 Å². The SMILES string of the molecule is COc1ccc(CN2C(=O)C(C)N(C)C(=O)/C2=C/c2cc(OC(C)C)c(OC)c(C)c2Br)cc1. The zero-order valence-corrected chi connectivity index (χ0v) is 22.2. The van der Waals surface area contributed by atoms with Crippen molar-refractivity contribution in [1.82, 2.24) is 9.80 Å². The molecule has 8 heteroatoms. The van der Waals surface area contributed by atoms with Gasteiger partial charge >= 0.3 is 0 Å². The van der Waals surface area contributed by atoms with Crippen molar-refractivity contribution < 1.29 is 23.8 Å². The highest BCUT2D eigenvalue weighted by atomic mass is 79.9. The van der Waals surface area contributed by atoms with Crippen molar-refractivity contribution >= 4 is 33.8 Å². The molecule has 1 saturated heterocycles. The van der Waals surface area contributed by atoms with Crippen LogP contribution in [-0.2, 0) is 16.1 Å². The molecule has 0 bridgehead atoms. The summed E-state index contributed by atoms with van der Waals surface area (Å²) in [6.45, 7) is 7.78. The van der Waals surface area contributed by atoms with Crippen molar-refractivity contribution in [3.05, 3.63) is 57.2 Å². The predicted octanol–water partition coefficient (Wildman–Crippen LogP) is 4.79. The minimum Gasteiger partial charge on any atom is -0.497 e. The molecule has 0 saturated carbocycles. The highest BCUT2D eigenvalue weighted by Crippen LogP contribution is 2.40. The summed E-state index contributed by atoms with van der Waals surface area (Å²) in [5.74, 6) is 1.54. The Morgan fingerprint density at radius 2 is 1.76 bits per heavy atom. The molecule has 1 unspecified atom stereocenters. The Morgan fingerprint density at radius 3 is 2.32 bits per heavy atom. The molecule has 3 rings (SSSR count). The number of carbonyl (C=O) groups is 2. The molecule has 1 atom stereocenters. The summed E-state index contributed by atoms with van der Waals surface area (Å²) in [5.41, 5.74) is 2.74. The number of amides is 2. The van der Waals surface area contributed by atoms with Gasteiger partial charge in [-0.2, -0.15) is 0 Å². The third kappa shape index (κ3) is 5.06. The quantitative estimate of drug-likeness (QED) is 0.481. The van der Waals surface area contributed by atoms with E-state index < -0.39 is 6.04 Å². The maximum atomic E-state index is 13.3. The number of hydrogen-bond acceptors (Lipinski definition) is 5. The van der Waals surface area contributed by atoms with Gasteiger partial charge in [0.05, 0.1) is 26.9 Å². The standard InChI is InChI=1S/C26H31BrN2O5/c1-15(2)34-22-13-19(23(27)16(3)24(22)33-7)12-21-26(31)28(5)17(4)25(30)29(21)14-18-8-10-20(32-6)11-9-18/h8-13,15,17H,14H2,1-7H3/b21-12-. The summed E-state index contributed by atoms with van der Waals surface area (Å²) in [4.78, 5) is 29.6. The molecule has 0 radical (unpaired) electrons. The summed E-state index contributed by atoms with van der Waals surface area (Å²) < 4.78 is 17.5. The molecule has 0 aromatic heterocycles. The molecular weight excluding hydrogens is 500 g/mol. The van der Waals surface area contributed by atoms with Crippen LogP contribution in [0.1, 0.15) is 37.5 Å². The van der Waals surface area contributed by atoms with Gasteiger partial charge < -0.3 is 24.0 Å². The molecule has 1 fully saturated rings. The first-order valence-corrected chi connectivity index (χ1v) is 11.8. The van der Waals surface area contributed by atoms with Gasteiger partial charge in [-0.15, -0.1) is 0 Å². The van der Waals surface area contributed by atoms with E-state index in [1.165, 1.54) is 4.90 Å². The van der Waals surface area contributed by atoms with Crippen LogP contribution in [0.2, 0.25) is 0 Å². The number of likely N-dealkylation sites (N-methyl/N-ethyl adjacent to an activating group) is 1. The number of methoxy groups -OCH3 is 2. The van der Waals surface area contributed by atoms with Crippen LogP contribution in [0, 0.1) is 6.92 Å². The molecule has 2 amide bonds. The largest absolute Gasteiger partial charge is 0.497 e. The smallest absolute Gasteiger partial charge is 0.271 e. The molecular formula is C26H31BrN2O5. The molecule has 1 aliphatic rings. The van der Waals surface area contributed by atoms with Gasteiger partial charge in [0, 0.05) is 17.1 Å². The Hall–Kier alpha value is -3.00. The number of rotatable bonds is 7. The fourth-order valence-corrected chi connectivity index (χ4v) is 4.23. The molecule has 182 valence electrons. The van der Waals surface area contributed by atoms with Crippen LogP contribution < -0.4 is 14.2 Å². The maximum absolute atomic E-state index is 13.3. The first-order valence-electron chi connectivity index (χ1n) is 11.1. The monoisotopic (exact) mass is 530 g/mol. The van der Waals surface area contributed by atoms with Crippen molar-refractivity contribution in [2.24, 2.45) is 0 Å². The van der Waals surface area contributed by atoms with E-state index in [1.54, 1.807) is 39.2 Å². The number of halogens is 1. The Balaban J connectivity index is 2.12. The molecule has 34 heavy (non-hydrogen) atoms. The number of benzene rings is 2. The number of ether oxygens (including phenoxy) is 3. The van der Waals surface area contributed by atoms with E-state index in [0.29, 0.717) is 22.8 Å². The second kappa shape index (κ2) is 10.5. The second-order valence-corrected chi connectivity index (χ2v) is 9.29. The molecule has 2 aromatic carbocycles. The van der Waals surface area contributed by atoms with E-state index in [4.69, 9.17) is 14.2 Å². The van der Waals surface area contributed by atoms with Crippen molar-refractivity contribution in [3.8, 4) is 17.2 Å². The number of nitrogens with zero attached hydrogens (tertiary/aromatic N) is 2. The molecule has 1 heterocycles. The van der Waals surface area contributed by atoms with Crippen molar-refractivity contribution in [2.75, 3.05) is 21.3 Å². The molecule has 1 aliphatic heterocycles. The Bertz CT molecular complexity index is 1110. The number of hydrogen-bond donors (Lipinski definition) is 0. The average Bonchev–Trinajstić information content (AvgIpc) is 2.81. The van der Waals surface area contributed by atoms with Crippen LogP contribution >= 0.6 is 15.9 Å². The molecule has 0 aliphatic carbocycles. The highest BCUT2D eigenvalue weighted by molar-refractivity contribution is 9.10. The minimum atomic E-state index is -0.566. The van der Waals surface area contributed by atoms with Crippen LogP contribution in [0.25, 0.3) is 6.08 Å². The maximum Gasteiger partial charge on any atom is 0.271 e. The normalized spacial score (nSPS) is 17.6. The summed E-state index contributed by atoms with van der Waals surface area (Å²) in [7, 11) is 4.84. The Morgan fingerprint density at radius 1 is 1.12 bits per heavy atom. The van der Waals surface area contributed by atoms with Crippen LogP contribution in [0.3, 0.4) is 0 Å². The van der Waals surface area contributed by atoms with Crippen LogP contribution in [0.4, 0.5) is 0 Å². The van der Waals surface area contributed by atoms with Gasteiger partial charge in [0.25, 0.3) is 5.91 Å². The van der Waals surface area contributed by atoms with Crippen molar-refractivity contribution in [1.29, 1.82) is 0 Å². The second-order valence-electron chi connectivity index (χ2n) is 8.50. The van der Waals surface area contributed by atoms with Gasteiger partial charge in [0.1, 0.15) is 17.5 Å². The van der Waals surface area contributed by atoms with Gasteiger partial charge in [-0.05, 0) is 79.0 Å². The summed E-state index contributed by atoms with van der Waals surface area (Å²) in [6, 6.07) is 8.71. The van der Waals surface area contributed by atoms with Gasteiger partial charge in [-0.1, -0.05) is 12.1 Å². The predicted molar refractivity (Wildman–Crippen MR) is 135 cm³/mol. The molecule has 0 N–H and O–H groups in total. The minimum absolute atomic E-state index is 0.0635. The van der Waals surface area contributed by atoms with Crippen molar-refractivity contribution in [2.45, 2.75) is 46.4 Å². The fraction of sp³-hybridized carbons (Fsp3) is 0.385. The van der Waals surface area contributed by atoms with Crippen LogP contribution in [-0.4, -0.2) is 55.0 Å². The third-order valence-electron chi connectivity index (χ3n) is 5.83. The van der Waals surface area contributed by atoms with E-state index in [-0.39, 0.29) is 24.5 Å². The highest BCUT2D eigenvalue weighted by Gasteiger charge is 2.38. The first kappa shape index (κ1) is 25.6. The lowest BCUT2D eigenvalue weighted by Gasteiger charge is -2.38. The van der Waals surface area contributed by atoms with E-state index >= 15 is 0 Å². The van der Waals surface area contributed by atoms with E-state index in [0.717, 1.165) is 21.3 Å². The lowest BCUT2D eigenvalue weighted by atomic mass is 10.0. The van der Waals surface area contributed by atoms with E-state index in [1.807, 2.05) is 51.1 Å². The molecule has 7 nitrogen and oxygen atoms in total. The third-order valence-corrected chi connectivity index (χ3v) is 6.88. The Kier molecular flexibility index (Phi) is 7.92. The number of carbonyl (C=O) groups excluding carboxylic acids is 2. The van der Waals surface area contributed by atoms with Gasteiger partial charge in [0.15, 0.2) is 11.5 Å². The van der Waals surface area contributed by atoms with Crippen LogP contribution in [0.15, 0.2) is 40.5 Å². The lowest BCUT2D eigenvalue weighted by Crippen LogP contribution is -2.55. The fourth-order valence-electron chi connectivity index (χ4n) is 3.82. The van der Waals surface area contributed by atoms with Gasteiger partial charge in [-0.3, -0.25) is 9.59 Å². The van der Waals surface area contributed by atoms with Gasteiger partial charge in [-0.25, -0.2) is 0 Å². The van der Waals surface area contributed by atoms with Gasteiger partial charge in [0.2, 0.25) is 5.91 Å². The zero-order valence-electron chi connectivity index (χ0n) is 20.6. The zero-order chi connectivity index (χ0) is 25.2.